The summed E-state index contributed by atoms with van der Waals surface area (Å²) >= 11 is 7.43. The fourth-order valence-corrected chi connectivity index (χ4v) is 4.37. The number of hydrogen-bond acceptors (Lipinski definition) is 1. The summed E-state index contributed by atoms with van der Waals surface area (Å²) in [6, 6.07) is 8.58. The van der Waals surface area contributed by atoms with Gasteiger partial charge >= 0.3 is 0 Å². The van der Waals surface area contributed by atoms with Gasteiger partial charge in [-0.3, -0.25) is 0 Å². The summed E-state index contributed by atoms with van der Waals surface area (Å²) in [5, 5.41) is 1.04. The molecule has 2 aliphatic rings. The largest absolute Gasteiger partial charge is 0.377 e. The lowest BCUT2D eigenvalue weighted by Crippen LogP contribution is -2.36. The Bertz CT molecular complexity index is 430. The molecule has 1 saturated carbocycles. The van der Waals surface area contributed by atoms with Gasteiger partial charge in [-0.2, -0.15) is 0 Å². The van der Waals surface area contributed by atoms with Gasteiger partial charge in [-0.15, -0.1) is 0 Å². The van der Waals surface area contributed by atoms with E-state index in [1.54, 1.807) is 0 Å². The summed E-state index contributed by atoms with van der Waals surface area (Å²) in [5.74, 6) is 0.813. The van der Waals surface area contributed by atoms with E-state index in [0.717, 1.165) is 24.3 Å². The topological polar surface area (TPSA) is 9.23 Å². The molecule has 0 aromatic heterocycles. The van der Waals surface area contributed by atoms with E-state index in [1.165, 1.54) is 29.3 Å². The standard InChI is InChI=1S/C15H18Br2O/c16-10-15(7-8-18-14(15)11-5-6-11)9-12-3-1-2-4-13(12)17/h1-4,11,14H,5-10H2. The Morgan fingerprint density at radius 1 is 1.28 bits per heavy atom. The lowest BCUT2D eigenvalue weighted by Gasteiger charge is -2.33. The van der Waals surface area contributed by atoms with Crippen LogP contribution >= 0.6 is 31.9 Å². The summed E-state index contributed by atoms with van der Waals surface area (Å²) in [6.07, 6.45) is 5.47. The predicted octanol–water partition coefficient (Wildman–Crippen LogP) is 4.57. The maximum atomic E-state index is 6.05. The highest BCUT2D eigenvalue weighted by Gasteiger charge is 2.50. The maximum absolute atomic E-state index is 6.05. The second-order valence-electron chi connectivity index (χ2n) is 5.64. The van der Waals surface area contributed by atoms with Crippen LogP contribution in [0.15, 0.2) is 28.7 Å². The summed E-state index contributed by atoms with van der Waals surface area (Å²) in [4.78, 5) is 0. The van der Waals surface area contributed by atoms with Gasteiger partial charge in [-0.05, 0) is 43.2 Å². The normalized spacial score (nSPS) is 31.8. The van der Waals surface area contributed by atoms with Crippen LogP contribution in [0.3, 0.4) is 0 Å². The van der Waals surface area contributed by atoms with Crippen LogP contribution in [0.2, 0.25) is 0 Å². The molecule has 98 valence electrons. The van der Waals surface area contributed by atoms with Crippen LogP contribution in [-0.2, 0) is 11.2 Å². The van der Waals surface area contributed by atoms with Gasteiger partial charge in [-0.25, -0.2) is 0 Å². The summed E-state index contributed by atoms with van der Waals surface area (Å²) in [5.41, 5.74) is 1.71. The van der Waals surface area contributed by atoms with Crippen molar-refractivity contribution in [1.29, 1.82) is 0 Å². The van der Waals surface area contributed by atoms with Crippen molar-refractivity contribution in [3.8, 4) is 0 Å². The molecule has 1 heterocycles. The van der Waals surface area contributed by atoms with E-state index in [2.05, 4.69) is 56.1 Å². The maximum Gasteiger partial charge on any atom is 0.0671 e. The van der Waals surface area contributed by atoms with Crippen LogP contribution < -0.4 is 0 Å². The molecule has 3 rings (SSSR count). The molecule has 2 fully saturated rings. The van der Waals surface area contributed by atoms with E-state index >= 15 is 0 Å². The predicted molar refractivity (Wildman–Crippen MR) is 81.2 cm³/mol. The molecule has 0 radical (unpaired) electrons. The van der Waals surface area contributed by atoms with Crippen LogP contribution in [0.4, 0.5) is 0 Å². The molecule has 2 atom stereocenters. The Morgan fingerprint density at radius 3 is 2.72 bits per heavy atom. The van der Waals surface area contributed by atoms with Crippen molar-refractivity contribution in [2.24, 2.45) is 11.3 Å². The van der Waals surface area contributed by atoms with Gasteiger partial charge in [0.25, 0.3) is 0 Å². The Kier molecular flexibility index (Phi) is 3.84. The lowest BCUT2D eigenvalue weighted by atomic mass is 9.76. The molecule has 0 amide bonds. The van der Waals surface area contributed by atoms with Gasteiger partial charge in [0, 0.05) is 21.8 Å². The zero-order chi connectivity index (χ0) is 12.6. The number of benzene rings is 1. The molecule has 0 spiro atoms. The van der Waals surface area contributed by atoms with Crippen molar-refractivity contribution in [3.63, 3.8) is 0 Å². The van der Waals surface area contributed by atoms with Crippen LogP contribution in [0.5, 0.6) is 0 Å². The summed E-state index contributed by atoms with van der Waals surface area (Å²) < 4.78 is 7.28. The highest BCUT2D eigenvalue weighted by Crippen LogP contribution is 2.50. The molecule has 1 saturated heterocycles. The van der Waals surface area contributed by atoms with Gasteiger partial charge in [0.05, 0.1) is 6.10 Å². The van der Waals surface area contributed by atoms with E-state index in [9.17, 15) is 0 Å². The smallest absolute Gasteiger partial charge is 0.0671 e. The van der Waals surface area contributed by atoms with Crippen LogP contribution in [0.25, 0.3) is 0 Å². The number of rotatable bonds is 4. The first kappa shape index (κ1) is 13.1. The molecule has 0 N–H and O–H groups in total. The second-order valence-corrected chi connectivity index (χ2v) is 7.06. The first-order valence-electron chi connectivity index (χ1n) is 6.66. The van der Waals surface area contributed by atoms with Crippen molar-refractivity contribution in [1.82, 2.24) is 0 Å². The van der Waals surface area contributed by atoms with E-state index in [0.29, 0.717) is 11.5 Å². The summed E-state index contributed by atoms with van der Waals surface area (Å²) in [6.45, 7) is 0.928. The van der Waals surface area contributed by atoms with E-state index in [1.807, 2.05) is 0 Å². The minimum atomic E-state index is 0.297. The Hall–Kier alpha value is 0.140. The average molecular weight is 374 g/mol. The fourth-order valence-electron chi connectivity index (χ4n) is 3.14. The van der Waals surface area contributed by atoms with Crippen LogP contribution in [0.1, 0.15) is 24.8 Å². The van der Waals surface area contributed by atoms with E-state index in [4.69, 9.17) is 4.74 Å². The van der Waals surface area contributed by atoms with E-state index in [-0.39, 0.29) is 0 Å². The molecule has 0 bridgehead atoms. The molecule has 1 aromatic rings. The van der Waals surface area contributed by atoms with Crippen molar-refractivity contribution < 1.29 is 4.74 Å². The minimum absolute atomic E-state index is 0.297. The Morgan fingerprint density at radius 2 is 2.06 bits per heavy atom. The first-order valence-corrected chi connectivity index (χ1v) is 8.58. The zero-order valence-electron chi connectivity index (χ0n) is 10.4. The van der Waals surface area contributed by atoms with Crippen molar-refractivity contribution in [2.75, 3.05) is 11.9 Å². The molecule has 2 unspecified atom stereocenters. The number of hydrogen-bond donors (Lipinski definition) is 0. The molecule has 1 nitrogen and oxygen atoms in total. The van der Waals surface area contributed by atoms with Gasteiger partial charge in [0.1, 0.15) is 0 Å². The highest BCUT2D eigenvalue weighted by atomic mass is 79.9. The van der Waals surface area contributed by atoms with Gasteiger partial charge in [0.2, 0.25) is 0 Å². The molecule has 3 heteroatoms. The minimum Gasteiger partial charge on any atom is -0.377 e. The third-order valence-electron chi connectivity index (χ3n) is 4.32. The monoisotopic (exact) mass is 372 g/mol. The van der Waals surface area contributed by atoms with Crippen molar-refractivity contribution in [2.45, 2.75) is 31.8 Å². The highest BCUT2D eigenvalue weighted by molar-refractivity contribution is 9.10. The third kappa shape index (κ3) is 2.41. The van der Waals surface area contributed by atoms with Crippen molar-refractivity contribution >= 4 is 31.9 Å². The molecule has 1 aromatic carbocycles. The second kappa shape index (κ2) is 5.26. The quantitative estimate of drug-likeness (QED) is 0.702. The third-order valence-corrected chi connectivity index (χ3v) is 6.21. The van der Waals surface area contributed by atoms with Crippen molar-refractivity contribution in [3.05, 3.63) is 34.3 Å². The number of ether oxygens (including phenoxy) is 1. The molecular weight excluding hydrogens is 356 g/mol. The fraction of sp³-hybridized carbons (Fsp3) is 0.600. The summed E-state index contributed by atoms with van der Waals surface area (Å²) in [7, 11) is 0. The van der Waals surface area contributed by atoms with E-state index < -0.39 is 0 Å². The lowest BCUT2D eigenvalue weighted by molar-refractivity contribution is 0.0412. The first-order chi connectivity index (χ1) is 8.75. The Balaban J connectivity index is 1.85. The molecule has 1 aliphatic carbocycles. The number of halogens is 2. The van der Waals surface area contributed by atoms with Gasteiger partial charge < -0.3 is 4.74 Å². The average Bonchev–Trinajstić information content (AvgIpc) is 3.14. The van der Waals surface area contributed by atoms with Gasteiger partial charge in [-0.1, -0.05) is 50.1 Å². The SMILES string of the molecule is BrCC1(Cc2ccccc2Br)CCOC1C1CC1. The van der Waals surface area contributed by atoms with Crippen LogP contribution in [-0.4, -0.2) is 18.0 Å². The molecule has 1 aliphatic heterocycles. The number of alkyl halides is 1. The van der Waals surface area contributed by atoms with Crippen LogP contribution in [0, 0.1) is 11.3 Å². The molecule has 18 heavy (non-hydrogen) atoms. The zero-order valence-corrected chi connectivity index (χ0v) is 13.5. The Labute approximate surface area is 126 Å². The van der Waals surface area contributed by atoms with Gasteiger partial charge in [0.15, 0.2) is 0 Å². The molecular formula is C15H18Br2O.